The molecule has 0 radical (unpaired) electrons. The van der Waals surface area contributed by atoms with Crippen LogP contribution >= 0.6 is 0 Å². The van der Waals surface area contributed by atoms with Crippen molar-refractivity contribution in [2.24, 2.45) is 0 Å². The number of pyridine rings is 1. The number of hydrogen-bond acceptors (Lipinski definition) is 5. The molecule has 2 rings (SSSR count). The number of carbonyl (C=O) groups is 2. The quantitative estimate of drug-likeness (QED) is 0.877. The van der Waals surface area contributed by atoms with E-state index in [1.165, 1.54) is 0 Å². The first-order chi connectivity index (χ1) is 11.1. The third-order valence-corrected chi connectivity index (χ3v) is 3.44. The van der Waals surface area contributed by atoms with Gasteiger partial charge in [-0.3, -0.25) is 14.6 Å². The van der Waals surface area contributed by atoms with Gasteiger partial charge >= 0.3 is 0 Å². The molecular formula is C16H20N4O3. The lowest BCUT2D eigenvalue weighted by Crippen LogP contribution is -2.31. The van der Waals surface area contributed by atoms with Crippen LogP contribution in [0.5, 0.6) is 0 Å². The summed E-state index contributed by atoms with van der Waals surface area (Å²) >= 11 is 0. The predicted molar refractivity (Wildman–Crippen MR) is 83.9 cm³/mol. The van der Waals surface area contributed by atoms with Crippen molar-refractivity contribution in [2.45, 2.75) is 27.3 Å². The van der Waals surface area contributed by atoms with Gasteiger partial charge < -0.3 is 14.6 Å². The van der Waals surface area contributed by atoms with E-state index in [1.54, 1.807) is 36.4 Å². The molecule has 1 N–H and O–H groups in total. The Kier molecular flexibility index (Phi) is 5.46. The van der Waals surface area contributed by atoms with Crippen LogP contribution in [0.25, 0.3) is 0 Å². The summed E-state index contributed by atoms with van der Waals surface area (Å²) in [7, 11) is 0. The topological polar surface area (TPSA) is 88.3 Å². The Labute approximate surface area is 134 Å². The Morgan fingerprint density at radius 2 is 1.87 bits per heavy atom. The SMILES string of the molecule is CCN(CC)C(=O)c1nc(CNC(=O)c2ccncc2)oc1C. The summed E-state index contributed by atoms with van der Waals surface area (Å²) in [5.74, 6) is 0.346. The van der Waals surface area contributed by atoms with Crippen LogP contribution in [-0.4, -0.2) is 39.8 Å². The fraction of sp³-hybridized carbons (Fsp3) is 0.375. The molecule has 0 saturated heterocycles. The minimum atomic E-state index is -0.250. The lowest BCUT2D eigenvalue weighted by molar-refractivity contribution is 0.0766. The van der Waals surface area contributed by atoms with Crippen LogP contribution in [0, 0.1) is 6.92 Å². The minimum absolute atomic E-state index is 0.119. The number of rotatable bonds is 6. The van der Waals surface area contributed by atoms with Crippen LogP contribution < -0.4 is 5.32 Å². The fourth-order valence-electron chi connectivity index (χ4n) is 2.15. The zero-order chi connectivity index (χ0) is 16.8. The van der Waals surface area contributed by atoms with Crippen molar-refractivity contribution in [1.82, 2.24) is 20.2 Å². The Morgan fingerprint density at radius 3 is 2.48 bits per heavy atom. The summed E-state index contributed by atoms with van der Waals surface area (Å²) in [6.07, 6.45) is 3.09. The molecule has 0 saturated carbocycles. The van der Waals surface area contributed by atoms with Gasteiger partial charge in [0.05, 0.1) is 6.54 Å². The molecule has 122 valence electrons. The Balaban J connectivity index is 2.04. The number of carbonyl (C=O) groups excluding carboxylic acids is 2. The molecule has 7 heteroatoms. The number of amides is 2. The maximum absolute atomic E-state index is 12.3. The van der Waals surface area contributed by atoms with Gasteiger partial charge in [0, 0.05) is 31.0 Å². The van der Waals surface area contributed by atoms with E-state index in [0.717, 1.165) is 0 Å². The maximum atomic E-state index is 12.3. The van der Waals surface area contributed by atoms with Crippen LogP contribution in [0.1, 0.15) is 46.3 Å². The van der Waals surface area contributed by atoms with Crippen LogP contribution in [-0.2, 0) is 6.54 Å². The van der Waals surface area contributed by atoms with Crippen molar-refractivity contribution in [3.05, 3.63) is 47.4 Å². The minimum Gasteiger partial charge on any atom is -0.443 e. The summed E-state index contributed by atoms with van der Waals surface area (Å²) in [6, 6.07) is 3.23. The standard InChI is InChI=1S/C16H20N4O3/c1-4-20(5-2)16(22)14-11(3)23-13(19-14)10-18-15(21)12-6-8-17-9-7-12/h6-9H,4-5,10H2,1-3H3,(H,18,21). The lowest BCUT2D eigenvalue weighted by atomic mass is 10.2. The van der Waals surface area contributed by atoms with Gasteiger partial charge in [0.25, 0.3) is 11.8 Å². The van der Waals surface area contributed by atoms with Crippen LogP contribution in [0.3, 0.4) is 0 Å². The normalized spacial score (nSPS) is 10.4. The van der Waals surface area contributed by atoms with Crippen molar-refractivity contribution in [3.8, 4) is 0 Å². The monoisotopic (exact) mass is 316 g/mol. The summed E-state index contributed by atoms with van der Waals surface area (Å²) in [5, 5.41) is 2.70. The fourth-order valence-corrected chi connectivity index (χ4v) is 2.15. The second-order valence-corrected chi connectivity index (χ2v) is 4.91. The Bertz CT molecular complexity index is 678. The first kappa shape index (κ1) is 16.7. The summed E-state index contributed by atoms with van der Waals surface area (Å²) in [4.78, 5) is 34.0. The second kappa shape index (κ2) is 7.53. The number of aromatic nitrogens is 2. The predicted octanol–water partition coefficient (Wildman–Crippen LogP) is 1.79. The molecule has 0 aliphatic carbocycles. The van der Waals surface area contributed by atoms with Gasteiger partial charge in [0.1, 0.15) is 5.76 Å². The molecular weight excluding hydrogens is 296 g/mol. The van der Waals surface area contributed by atoms with E-state index in [9.17, 15) is 9.59 Å². The molecule has 2 heterocycles. The molecule has 0 atom stereocenters. The molecule has 0 aliphatic heterocycles. The third kappa shape index (κ3) is 3.94. The zero-order valence-electron chi connectivity index (χ0n) is 13.5. The van der Waals surface area contributed by atoms with Gasteiger partial charge in [0.2, 0.25) is 5.89 Å². The van der Waals surface area contributed by atoms with Crippen LogP contribution in [0.2, 0.25) is 0 Å². The van der Waals surface area contributed by atoms with Crippen LogP contribution in [0.4, 0.5) is 0 Å². The van der Waals surface area contributed by atoms with Gasteiger partial charge in [-0.15, -0.1) is 0 Å². The number of hydrogen-bond donors (Lipinski definition) is 1. The van der Waals surface area contributed by atoms with Gasteiger partial charge in [0.15, 0.2) is 5.69 Å². The van der Waals surface area contributed by atoms with Crippen LogP contribution in [0.15, 0.2) is 28.9 Å². The highest BCUT2D eigenvalue weighted by Gasteiger charge is 2.21. The number of aryl methyl sites for hydroxylation is 1. The van der Waals surface area contributed by atoms with Crippen molar-refractivity contribution in [1.29, 1.82) is 0 Å². The van der Waals surface area contributed by atoms with Gasteiger partial charge in [-0.2, -0.15) is 0 Å². The van der Waals surface area contributed by atoms with Gasteiger partial charge in [-0.1, -0.05) is 0 Å². The molecule has 0 bridgehead atoms. The molecule has 2 aromatic heterocycles. The number of nitrogens with one attached hydrogen (secondary N) is 1. The van der Waals surface area contributed by atoms with E-state index < -0.39 is 0 Å². The highest BCUT2D eigenvalue weighted by Crippen LogP contribution is 2.12. The highest BCUT2D eigenvalue weighted by molar-refractivity contribution is 5.94. The van der Waals surface area contributed by atoms with Crippen molar-refractivity contribution >= 4 is 11.8 Å². The van der Waals surface area contributed by atoms with Crippen molar-refractivity contribution in [3.63, 3.8) is 0 Å². The third-order valence-electron chi connectivity index (χ3n) is 3.44. The molecule has 0 fully saturated rings. The molecule has 0 unspecified atom stereocenters. The molecule has 0 aromatic carbocycles. The summed E-state index contributed by atoms with van der Waals surface area (Å²) in [6.45, 7) is 6.84. The van der Waals surface area contributed by atoms with E-state index >= 15 is 0 Å². The number of nitrogens with zero attached hydrogens (tertiary/aromatic N) is 3. The maximum Gasteiger partial charge on any atom is 0.276 e. The highest BCUT2D eigenvalue weighted by atomic mass is 16.4. The molecule has 0 spiro atoms. The molecule has 23 heavy (non-hydrogen) atoms. The van der Waals surface area contributed by atoms with Crippen molar-refractivity contribution < 1.29 is 14.0 Å². The van der Waals surface area contributed by atoms with E-state index in [1.807, 2.05) is 13.8 Å². The molecule has 7 nitrogen and oxygen atoms in total. The summed E-state index contributed by atoms with van der Waals surface area (Å²) < 4.78 is 5.48. The van der Waals surface area contributed by atoms with E-state index in [-0.39, 0.29) is 18.4 Å². The largest absolute Gasteiger partial charge is 0.443 e. The van der Waals surface area contributed by atoms with Crippen molar-refractivity contribution in [2.75, 3.05) is 13.1 Å². The Hall–Kier alpha value is -2.70. The molecule has 0 aliphatic rings. The Morgan fingerprint density at radius 1 is 1.22 bits per heavy atom. The lowest BCUT2D eigenvalue weighted by Gasteiger charge is -2.16. The first-order valence-electron chi connectivity index (χ1n) is 7.50. The zero-order valence-corrected chi connectivity index (χ0v) is 13.5. The summed E-state index contributed by atoms with van der Waals surface area (Å²) in [5.41, 5.74) is 0.796. The number of oxazole rings is 1. The van der Waals surface area contributed by atoms with Gasteiger partial charge in [-0.25, -0.2) is 4.98 Å². The van der Waals surface area contributed by atoms with Gasteiger partial charge in [-0.05, 0) is 32.9 Å². The average molecular weight is 316 g/mol. The molecule has 2 amide bonds. The first-order valence-corrected chi connectivity index (χ1v) is 7.50. The van der Waals surface area contributed by atoms with E-state index in [4.69, 9.17) is 4.42 Å². The van der Waals surface area contributed by atoms with E-state index in [0.29, 0.717) is 36.0 Å². The smallest absolute Gasteiger partial charge is 0.276 e. The van der Waals surface area contributed by atoms with E-state index in [2.05, 4.69) is 15.3 Å². The second-order valence-electron chi connectivity index (χ2n) is 4.91. The average Bonchev–Trinajstić information content (AvgIpc) is 2.95. The molecule has 2 aromatic rings.